The number of fused-ring (bicyclic) bond motifs is 1. The molecule has 3 heterocycles. The normalized spacial score (nSPS) is 21.1. The average molecular weight is 479 g/mol. The molecular weight excluding hydrogens is 447 g/mol. The predicted molar refractivity (Wildman–Crippen MR) is 133 cm³/mol. The maximum absolute atomic E-state index is 6.09. The Bertz CT molecular complexity index is 998. The van der Waals surface area contributed by atoms with Crippen LogP contribution in [0.25, 0.3) is 11.2 Å². The molecule has 174 valence electrons. The quantitative estimate of drug-likeness (QED) is 0.551. The number of nitrogens with zero attached hydrogens (tertiary/aromatic N) is 6. The summed E-state index contributed by atoms with van der Waals surface area (Å²) in [4.78, 5) is 20.8. The van der Waals surface area contributed by atoms with Crippen molar-refractivity contribution in [1.82, 2.24) is 24.5 Å². The molecule has 0 radical (unpaired) electrons. The SMILES string of the molecule is CN(c1ccncc1)c1nc(NC2CCC(N)CC2)nc2c1ncn2C1CCCC1.Cl.Cl. The van der Waals surface area contributed by atoms with Crippen molar-refractivity contribution in [2.45, 2.75) is 69.5 Å². The van der Waals surface area contributed by atoms with Gasteiger partial charge < -0.3 is 20.5 Å². The summed E-state index contributed by atoms with van der Waals surface area (Å²) < 4.78 is 2.26. The van der Waals surface area contributed by atoms with Crippen LogP contribution in [0.4, 0.5) is 17.5 Å². The van der Waals surface area contributed by atoms with Crippen molar-refractivity contribution in [3.05, 3.63) is 30.9 Å². The topological polar surface area (TPSA) is 97.8 Å². The van der Waals surface area contributed by atoms with Gasteiger partial charge in [-0.05, 0) is 50.7 Å². The molecule has 0 saturated heterocycles. The Morgan fingerprint density at radius 2 is 1.69 bits per heavy atom. The number of nitrogens with one attached hydrogen (secondary N) is 1. The molecule has 2 aliphatic rings. The van der Waals surface area contributed by atoms with Crippen LogP contribution < -0.4 is 16.0 Å². The average Bonchev–Trinajstić information content (AvgIpc) is 3.45. The molecule has 0 aliphatic heterocycles. The summed E-state index contributed by atoms with van der Waals surface area (Å²) in [5, 5.41) is 3.59. The number of anilines is 3. The molecule has 5 rings (SSSR count). The Balaban J connectivity index is 0.00000144. The highest BCUT2D eigenvalue weighted by atomic mass is 35.5. The van der Waals surface area contributed by atoms with Crippen LogP contribution >= 0.6 is 24.8 Å². The first-order valence-corrected chi connectivity index (χ1v) is 11.1. The first-order chi connectivity index (χ1) is 14.7. The summed E-state index contributed by atoms with van der Waals surface area (Å²) in [6.07, 6.45) is 14.7. The minimum absolute atomic E-state index is 0. The zero-order chi connectivity index (χ0) is 20.5. The summed E-state index contributed by atoms with van der Waals surface area (Å²) in [6, 6.07) is 5.13. The van der Waals surface area contributed by atoms with Crippen molar-refractivity contribution in [2.24, 2.45) is 5.73 Å². The third kappa shape index (κ3) is 4.92. The molecule has 0 aromatic carbocycles. The number of hydrogen-bond acceptors (Lipinski definition) is 7. The molecule has 3 N–H and O–H groups in total. The lowest BCUT2D eigenvalue weighted by Gasteiger charge is -2.27. The van der Waals surface area contributed by atoms with Crippen LogP contribution in [0, 0.1) is 0 Å². The van der Waals surface area contributed by atoms with Crippen molar-refractivity contribution < 1.29 is 0 Å². The third-order valence-corrected chi connectivity index (χ3v) is 6.59. The zero-order valence-electron chi connectivity index (χ0n) is 18.4. The van der Waals surface area contributed by atoms with Gasteiger partial charge in [0.15, 0.2) is 17.0 Å². The fourth-order valence-corrected chi connectivity index (χ4v) is 4.79. The molecular formula is C22H32Cl2N8. The molecule has 8 nitrogen and oxygen atoms in total. The highest BCUT2D eigenvalue weighted by Crippen LogP contribution is 2.35. The largest absolute Gasteiger partial charge is 0.351 e. The van der Waals surface area contributed by atoms with Crippen molar-refractivity contribution >= 4 is 53.4 Å². The molecule has 2 saturated carbocycles. The lowest BCUT2D eigenvalue weighted by molar-refractivity contribution is 0.410. The van der Waals surface area contributed by atoms with Gasteiger partial charge >= 0.3 is 0 Å². The fraction of sp³-hybridized carbons (Fsp3) is 0.545. The van der Waals surface area contributed by atoms with E-state index in [1.807, 2.05) is 25.5 Å². The zero-order valence-corrected chi connectivity index (χ0v) is 20.0. The molecule has 2 fully saturated rings. The number of hydrogen-bond donors (Lipinski definition) is 2. The van der Waals surface area contributed by atoms with Crippen LogP contribution in [-0.2, 0) is 0 Å². The predicted octanol–water partition coefficient (Wildman–Crippen LogP) is 4.63. The van der Waals surface area contributed by atoms with E-state index < -0.39 is 0 Å². The van der Waals surface area contributed by atoms with Gasteiger partial charge in [-0.2, -0.15) is 9.97 Å². The number of aromatic nitrogens is 5. The number of halogens is 2. The van der Waals surface area contributed by atoms with Gasteiger partial charge in [-0.15, -0.1) is 24.8 Å². The maximum Gasteiger partial charge on any atom is 0.227 e. The van der Waals surface area contributed by atoms with E-state index in [1.54, 1.807) is 12.4 Å². The molecule has 0 atom stereocenters. The number of nitrogens with two attached hydrogens (primary N) is 1. The molecule has 10 heteroatoms. The molecule has 3 aromatic heterocycles. The summed E-state index contributed by atoms with van der Waals surface area (Å²) in [7, 11) is 2.02. The van der Waals surface area contributed by atoms with Gasteiger partial charge in [-0.25, -0.2) is 4.98 Å². The maximum atomic E-state index is 6.09. The van der Waals surface area contributed by atoms with Crippen molar-refractivity contribution in [3.8, 4) is 0 Å². The van der Waals surface area contributed by atoms with Crippen LogP contribution in [0.1, 0.15) is 57.4 Å². The summed E-state index contributed by atoms with van der Waals surface area (Å²) in [5.41, 5.74) is 8.87. The smallest absolute Gasteiger partial charge is 0.227 e. The molecule has 0 spiro atoms. The van der Waals surface area contributed by atoms with Gasteiger partial charge in [0.1, 0.15) is 0 Å². The van der Waals surface area contributed by atoms with Crippen LogP contribution in [0.5, 0.6) is 0 Å². The Morgan fingerprint density at radius 3 is 2.38 bits per heavy atom. The van der Waals surface area contributed by atoms with Gasteiger partial charge in [0, 0.05) is 43.3 Å². The van der Waals surface area contributed by atoms with Gasteiger partial charge in [0.05, 0.1) is 6.33 Å². The van der Waals surface area contributed by atoms with Crippen LogP contribution in [0.15, 0.2) is 30.9 Å². The number of pyridine rings is 1. The van der Waals surface area contributed by atoms with E-state index in [9.17, 15) is 0 Å². The highest BCUT2D eigenvalue weighted by Gasteiger charge is 2.25. The molecule has 3 aromatic rings. The van der Waals surface area contributed by atoms with Gasteiger partial charge in [0.25, 0.3) is 0 Å². The Hall–Kier alpha value is -2.16. The van der Waals surface area contributed by atoms with E-state index in [4.69, 9.17) is 20.7 Å². The van der Waals surface area contributed by atoms with Crippen molar-refractivity contribution in [1.29, 1.82) is 0 Å². The summed E-state index contributed by atoms with van der Waals surface area (Å²) in [6.45, 7) is 0. The lowest BCUT2D eigenvalue weighted by atomic mass is 9.92. The second-order valence-electron chi connectivity index (χ2n) is 8.65. The monoisotopic (exact) mass is 478 g/mol. The fourth-order valence-electron chi connectivity index (χ4n) is 4.79. The van der Waals surface area contributed by atoms with Crippen LogP contribution in [0.3, 0.4) is 0 Å². The first kappa shape index (κ1) is 24.5. The minimum Gasteiger partial charge on any atom is -0.351 e. The van der Waals surface area contributed by atoms with E-state index in [0.717, 1.165) is 48.4 Å². The second-order valence-corrected chi connectivity index (χ2v) is 8.65. The standard InChI is InChI=1S/C22H30N8.2ClH/c1-29(17-10-12-24-13-11-17)20-19-21(30(14-25-19)18-4-2-3-5-18)28-22(27-20)26-16-8-6-15(23)7-9-16;;/h10-16,18H,2-9,23H2,1H3,(H,26,27,28);2*1H. The van der Waals surface area contributed by atoms with E-state index in [2.05, 4.69) is 19.8 Å². The molecule has 0 bridgehead atoms. The third-order valence-electron chi connectivity index (χ3n) is 6.59. The Morgan fingerprint density at radius 1 is 1.00 bits per heavy atom. The summed E-state index contributed by atoms with van der Waals surface area (Å²) in [5.74, 6) is 1.50. The van der Waals surface area contributed by atoms with Crippen LogP contribution in [-0.4, -0.2) is 43.6 Å². The molecule has 2 aliphatic carbocycles. The van der Waals surface area contributed by atoms with Crippen molar-refractivity contribution in [3.63, 3.8) is 0 Å². The van der Waals surface area contributed by atoms with Gasteiger partial charge in [-0.3, -0.25) is 4.98 Å². The number of imidazole rings is 1. The highest BCUT2D eigenvalue weighted by molar-refractivity contribution is 5.87. The minimum atomic E-state index is 0. The van der Waals surface area contributed by atoms with E-state index in [1.165, 1.54) is 25.7 Å². The number of rotatable bonds is 5. The van der Waals surface area contributed by atoms with E-state index in [0.29, 0.717) is 24.1 Å². The van der Waals surface area contributed by atoms with Gasteiger partial charge in [0.2, 0.25) is 5.95 Å². The Kier molecular flexibility index (Phi) is 8.14. The van der Waals surface area contributed by atoms with E-state index >= 15 is 0 Å². The van der Waals surface area contributed by atoms with Gasteiger partial charge in [-0.1, -0.05) is 12.8 Å². The first-order valence-electron chi connectivity index (χ1n) is 11.1. The summed E-state index contributed by atoms with van der Waals surface area (Å²) >= 11 is 0. The second kappa shape index (κ2) is 10.6. The van der Waals surface area contributed by atoms with Crippen molar-refractivity contribution in [2.75, 3.05) is 17.3 Å². The van der Waals surface area contributed by atoms with E-state index in [-0.39, 0.29) is 24.8 Å². The Labute approximate surface area is 201 Å². The molecule has 0 amide bonds. The van der Waals surface area contributed by atoms with Crippen LogP contribution in [0.2, 0.25) is 0 Å². The molecule has 32 heavy (non-hydrogen) atoms. The molecule has 0 unspecified atom stereocenters. The lowest BCUT2D eigenvalue weighted by Crippen LogP contribution is -2.33.